The van der Waals surface area contributed by atoms with E-state index in [9.17, 15) is 0 Å². The highest BCUT2D eigenvalue weighted by Crippen LogP contribution is 2.28. The lowest BCUT2D eigenvalue weighted by molar-refractivity contribution is 0.305. The zero-order valence-electron chi connectivity index (χ0n) is 17.5. The fourth-order valence-corrected chi connectivity index (χ4v) is 2.81. The summed E-state index contributed by atoms with van der Waals surface area (Å²) in [4.78, 5) is 17.9. The summed E-state index contributed by atoms with van der Waals surface area (Å²) in [5.41, 5.74) is 10.7. The van der Waals surface area contributed by atoms with Gasteiger partial charge in [0.05, 0.1) is 17.8 Å². The summed E-state index contributed by atoms with van der Waals surface area (Å²) in [5.74, 6) is 0.845. The van der Waals surface area contributed by atoms with Crippen LogP contribution < -0.4 is 15.8 Å². The van der Waals surface area contributed by atoms with E-state index >= 15 is 0 Å². The number of nitrogens with zero attached hydrogens (tertiary/aromatic N) is 4. The number of anilines is 1. The van der Waals surface area contributed by atoms with Crippen LogP contribution in [0.2, 0.25) is 0 Å². The van der Waals surface area contributed by atoms with E-state index in [0.717, 1.165) is 28.9 Å². The molecule has 0 saturated heterocycles. The Morgan fingerprint density at radius 3 is 2.33 bits per heavy atom. The van der Waals surface area contributed by atoms with Gasteiger partial charge in [-0.3, -0.25) is 0 Å². The maximum absolute atomic E-state index is 5.89. The van der Waals surface area contributed by atoms with Gasteiger partial charge in [0.2, 0.25) is 11.8 Å². The minimum Gasteiger partial charge on any atom is -0.478 e. The Labute approximate surface area is 176 Å². The van der Waals surface area contributed by atoms with Crippen molar-refractivity contribution in [3.8, 4) is 28.4 Å². The first-order valence-corrected chi connectivity index (χ1v) is 9.83. The molecule has 0 aliphatic rings. The van der Waals surface area contributed by atoms with Crippen molar-refractivity contribution in [2.24, 2.45) is 0 Å². The second-order valence-corrected chi connectivity index (χ2v) is 6.59. The van der Waals surface area contributed by atoms with Gasteiger partial charge in [0.25, 0.3) is 0 Å². The van der Waals surface area contributed by atoms with E-state index in [0.29, 0.717) is 23.5 Å². The lowest BCUT2D eigenvalue weighted by atomic mass is 10.1. The van der Waals surface area contributed by atoms with Gasteiger partial charge in [-0.15, -0.1) is 0 Å². The highest BCUT2D eigenvalue weighted by molar-refractivity contribution is 5.91. The summed E-state index contributed by atoms with van der Waals surface area (Å²) in [6.45, 7) is 2.71. The predicted octanol–water partition coefficient (Wildman–Crippen LogP) is 3.96. The number of fused-ring (bicyclic) bond motifs is 1. The molecule has 3 heterocycles. The summed E-state index contributed by atoms with van der Waals surface area (Å²) in [6.07, 6.45) is 2.71. The summed E-state index contributed by atoms with van der Waals surface area (Å²) in [6, 6.07) is 17.5. The number of nitrogen functional groups attached to an aromatic ring is 1. The maximum atomic E-state index is 5.89. The zero-order valence-corrected chi connectivity index (χ0v) is 17.5. The quantitative estimate of drug-likeness (QED) is 0.521. The van der Waals surface area contributed by atoms with Crippen LogP contribution in [0.15, 0.2) is 60.8 Å². The fourth-order valence-electron chi connectivity index (χ4n) is 2.81. The molecule has 3 aromatic heterocycles. The lowest BCUT2D eigenvalue weighted by Crippen LogP contribution is -2.00. The molecule has 1 aromatic carbocycles. The van der Waals surface area contributed by atoms with Crippen molar-refractivity contribution in [1.82, 2.24) is 25.3 Å². The van der Waals surface area contributed by atoms with Crippen molar-refractivity contribution in [3.63, 3.8) is 0 Å². The first kappa shape index (κ1) is 21.1. The molecule has 0 atom stereocenters. The van der Waals surface area contributed by atoms with E-state index in [1.54, 1.807) is 6.20 Å². The van der Waals surface area contributed by atoms with Gasteiger partial charge < -0.3 is 15.8 Å². The number of hydrogen-bond acceptors (Lipinski definition) is 7. The smallest absolute Gasteiger partial charge is 0.221 e. The minimum absolute atomic E-state index is 0.231. The molecule has 0 unspecified atom stereocenters. The van der Waals surface area contributed by atoms with E-state index in [1.165, 1.54) is 0 Å². The van der Waals surface area contributed by atoms with Crippen LogP contribution in [0.3, 0.4) is 0 Å². The summed E-state index contributed by atoms with van der Waals surface area (Å²) in [7, 11) is 3.75. The SMILES string of the molecule is CCCOc1ccc(-c2ccc3nc(N)nc(-c4ccccc4)c3n2)cn1.CNC. The zero-order chi connectivity index (χ0) is 21.3. The van der Waals surface area contributed by atoms with Crippen molar-refractivity contribution in [3.05, 3.63) is 60.8 Å². The van der Waals surface area contributed by atoms with Gasteiger partial charge in [0.15, 0.2) is 0 Å². The molecule has 0 spiro atoms. The molecule has 7 nitrogen and oxygen atoms in total. The molecule has 0 amide bonds. The van der Waals surface area contributed by atoms with Crippen LogP contribution in [0.1, 0.15) is 13.3 Å². The average molecular weight is 403 g/mol. The molecule has 0 fully saturated rings. The van der Waals surface area contributed by atoms with Gasteiger partial charge in [-0.05, 0) is 38.7 Å². The topological polar surface area (TPSA) is 98.8 Å². The molecule has 4 rings (SSSR count). The molecule has 154 valence electrons. The fraction of sp³-hybridized carbons (Fsp3) is 0.217. The minimum atomic E-state index is 0.231. The highest BCUT2D eigenvalue weighted by atomic mass is 16.5. The number of nitrogens with one attached hydrogen (secondary N) is 1. The Morgan fingerprint density at radius 1 is 0.900 bits per heavy atom. The number of benzene rings is 1. The van der Waals surface area contributed by atoms with Crippen LogP contribution in [0, 0.1) is 0 Å². The van der Waals surface area contributed by atoms with E-state index < -0.39 is 0 Å². The van der Waals surface area contributed by atoms with Crippen molar-refractivity contribution in [2.75, 3.05) is 26.4 Å². The molecular weight excluding hydrogens is 376 g/mol. The third-order valence-corrected chi connectivity index (χ3v) is 4.09. The molecule has 7 heteroatoms. The molecular formula is C23H26N6O. The molecule has 0 radical (unpaired) electrons. The molecule has 30 heavy (non-hydrogen) atoms. The van der Waals surface area contributed by atoms with Crippen LogP contribution in [0.25, 0.3) is 33.5 Å². The van der Waals surface area contributed by atoms with Gasteiger partial charge in [-0.2, -0.15) is 0 Å². The number of ether oxygens (including phenoxy) is 1. The van der Waals surface area contributed by atoms with Gasteiger partial charge in [-0.25, -0.2) is 19.9 Å². The largest absolute Gasteiger partial charge is 0.478 e. The van der Waals surface area contributed by atoms with Crippen molar-refractivity contribution >= 4 is 17.0 Å². The average Bonchev–Trinajstić information content (AvgIpc) is 2.78. The molecule has 0 aliphatic carbocycles. The van der Waals surface area contributed by atoms with Crippen molar-refractivity contribution in [2.45, 2.75) is 13.3 Å². The summed E-state index contributed by atoms with van der Waals surface area (Å²) < 4.78 is 5.54. The van der Waals surface area contributed by atoms with Crippen LogP contribution in [0.5, 0.6) is 5.88 Å². The maximum Gasteiger partial charge on any atom is 0.221 e. The van der Waals surface area contributed by atoms with E-state index in [2.05, 4.69) is 27.2 Å². The summed E-state index contributed by atoms with van der Waals surface area (Å²) in [5, 5.41) is 2.75. The Bertz CT molecular complexity index is 1080. The number of nitrogens with two attached hydrogens (primary N) is 1. The normalized spacial score (nSPS) is 10.4. The van der Waals surface area contributed by atoms with Crippen LogP contribution >= 0.6 is 0 Å². The molecule has 3 N–H and O–H groups in total. The van der Waals surface area contributed by atoms with Crippen LogP contribution in [-0.2, 0) is 0 Å². The number of aromatic nitrogens is 4. The third kappa shape index (κ3) is 5.07. The van der Waals surface area contributed by atoms with E-state index in [-0.39, 0.29) is 5.95 Å². The Hall–Kier alpha value is -3.58. The van der Waals surface area contributed by atoms with Gasteiger partial charge >= 0.3 is 0 Å². The first-order chi connectivity index (χ1) is 14.7. The standard InChI is InChI=1S/C21H19N5O.C2H7N/c1-2-12-27-18-11-8-15(13-23-18)16-9-10-17-20(24-16)19(26-21(22)25-17)14-6-4-3-5-7-14;1-3-2/h3-11,13H,2,12H2,1H3,(H2,22,25,26);3H,1-2H3. The number of pyridine rings is 2. The lowest BCUT2D eigenvalue weighted by Gasteiger charge is -2.09. The Kier molecular flexibility index (Phi) is 7.24. The van der Waals surface area contributed by atoms with Crippen molar-refractivity contribution in [1.29, 1.82) is 0 Å². The van der Waals surface area contributed by atoms with Gasteiger partial charge in [0.1, 0.15) is 11.2 Å². The first-order valence-electron chi connectivity index (χ1n) is 9.83. The molecule has 0 aliphatic heterocycles. The predicted molar refractivity (Wildman–Crippen MR) is 121 cm³/mol. The number of hydrogen-bond donors (Lipinski definition) is 2. The van der Waals surface area contributed by atoms with Gasteiger partial charge in [0, 0.05) is 23.4 Å². The highest BCUT2D eigenvalue weighted by Gasteiger charge is 2.12. The second kappa shape index (κ2) is 10.3. The Morgan fingerprint density at radius 2 is 1.67 bits per heavy atom. The molecule has 0 bridgehead atoms. The van der Waals surface area contributed by atoms with E-state index in [1.807, 2.05) is 68.7 Å². The monoisotopic (exact) mass is 402 g/mol. The molecule has 0 saturated carbocycles. The van der Waals surface area contributed by atoms with Crippen molar-refractivity contribution < 1.29 is 4.74 Å². The van der Waals surface area contributed by atoms with E-state index in [4.69, 9.17) is 15.5 Å². The van der Waals surface area contributed by atoms with Crippen LogP contribution in [-0.4, -0.2) is 40.6 Å². The Balaban J connectivity index is 0.000000806. The summed E-state index contributed by atoms with van der Waals surface area (Å²) >= 11 is 0. The second-order valence-electron chi connectivity index (χ2n) is 6.59. The van der Waals surface area contributed by atoms with Crippen LogP contribution in [0.4, 0.5) is 5.95 Å². The number of rotatable bonds is 5. The molecule has 4 aromatic rings. The van der Waals surface area contributed by atoms with Gasteiger partial charge in [-0.1, -0.05) is 37.3 Å². The third-order valence-electron chi connectivity index (χ3n) is 4.09.